The average Bonchev–Trinajstić information content (AvgIpc) is 1.50. The van der Waals surface area contributed by atoms with Crippen LogP contribution in [0, 0.1) is 41.5 Å². The van der Waals surface area contributed by atoms with Crippen LogP contribution >= 0.6 is 0 Å². The zero-order valence-electron chi connectivity index (χ0n) is 73.5. The summed E-state index contributed by atoms with van der Waals surface area (Å²) in [5, 5.41) is 4.35. The second-order valence-corrected chi connectivity index (χ2v) is 36.1. The van der Waals surface area contributed by atoms with Gasteiger partial charge in [0.15, 0.2) is 11.2 Å². The summed E-state index contributed by atoms with van der Waals surface area (Å²) in [6, 6.07) is 128. The number of nitrogens with zero attached hydrogens (tertiary/aromatic N) is 3. The summed E-state index contributed by atoms with van der Waals surface area (Å²) in [6.07, 6.45) is 0. The van der Waals surface area contributed by atoms with Crippen molar-refractivity contribution in [3.8, 4) is 80.1 Å². The van der Waals surface area contributed by atoms with Crippen molar-refractivity contribution in [1.29, 1.82) is 0 Å². The van der Waals surface area contributed by atoms with Crippen LogP contribution in [0.1, 0.15) is 58.4 Å². The maximum Gasteiger partial charge on any atom is 0.260 e. The van der Waals surface area contributed by atoms with E-state index in [2.05, 4.69) is 398 Å². The fraction of sp³-hybridized carbons (Fsp3) is 0.0769. The van der Waals surface area contributed by atoms with E-state index in [9.17, 15) is 0 Å². The molecule has 624 valence electrons. The van der Waals surface area contributed by atoms with Gasteiger partial charge in [-0.2, -0.15) is 0 Å². The predicted octanol–water partition coefficient (Wildman–Crippen LogP) is 25.6. The van der Waals surface area contributed by atoms with Crippen LogP contribution in [0.15, 0.2) is 373 Å². The molecule has 0 spiro atoms. The van der Waals surface area contributed by atoms with Gasteiger partial charge in [-0.05, 0) is 217 Å². The standard InChI is InChI=1S/C41H32BNO2.2C38H26BNO3/c1-25-14-18-36-34(20-25)42-35-21-26(2)15-19-37(35)45-39-24-29(23-38(44-36)40(39)42)43(27-10-6-5-7-11-27)28-16-17-31-30-12-8-9-13-32(30)41(3,4)33(31)22-28;1-23-15-17-33-29(19-23)39-30-20-24(2)16-18-34(30)42-36-22-26(21-35(41-33)37(36)39)40(25-9-4-3-5-10-25)31-13-8-12-28-27-11-6-7-14-32(27)43-38(28)31;1-23-15-17-29-33(19-23)41-35-21-26(22-36-37(35)39(29)30-18-16-24(2)20-34(30)42-36)40(25-9-4-3-5-10-25)31-13-8-12-28-27-11-6-7-14-32(27)43-38(28)31/h5-24H,1-4H3;2*3-22H,1-2H3. The molecule has 8 heterocycles. The van der Waals surface area contributed by atoms with E-state index in [1.54, 1.807) is 0 Å². The number of furan rings is 2. The molecule has 0 saturated carbocycles. The van der Waals surface area contributed by atoms with E-state index in [4.69, 9.17) is 37.3 Å². The first kappa shape index (κ1) is 77.3. The third kappa shape index (κ3) is 12.7. The molecule has 0 saturated heterocycles. The molecule has 0 N–H and O–H groups in total. The van der Waals surface area contributed by atoms with E-state index < -0.39 is 0 Å². The number of anilines is 9. The SMILES string of the molecule is Cc1ccc2c(c1)B1c3cc(C)ccc3Oc3cc(N(c4ccccc4)c4ccc5c(c4)C(C)(C)c4ccccc4-5)cc(c31)O2.Cc1ccc2c(c1)B1c3cc(C)ccc3Oc3cc(N(c4ccccc4)c4cccc5c4oc4ccccc45)cc(c31)O2.Cc1ccc2c(c1)Oc1cc(N(c3ccccc3)c3cccc4c3oc3ccccc34)cc3c1B2c1ccc(C)cc1O3. The van der Waals surface area contributed by atoms with Crippen molar-refractivity contribution in [2.24, 2.45) is 0 Å². The third-order valence-electron chi connectivity index (χ3n) is 27.2. The molecule has 0 amide bonds. The van der Waals surface area contributed by atoms with Crippen LogP contribution in [0.3, 0.4) is 0 Å². The smallest absolute Gasteiger partial charge is 0.260 e. The van der Waals surface area contributed by atoms with Gasteiger partial charge in [-0.25, -0.2) is 0 Å². The Morgan fingerprint density at radius 3 is 0.947 bits per heavy atom. The van der Waals surface area contributed by atoms with E-state index in [-0.39, 0.29) is 25.6 Å². The number of hydrogen-bond donors (Lipinski definition) is 0. The molecule has 0 bridgehead atoms. The largest absolute Gasteiger partial charge is 0.458 e. The summed E-state index contributed by atoms with van der Waals surface area (Å²) in [5.41, 5.74) is 35.0. The molecular formula is C117H84B3N3O8. The normalized spacial score (nSPS) is 13.3. The molecule has 7 aliphatic rings. The van der Waals surface area contributed by atoms with E-state index in [0.717, 1.165) is 202 Å². The highest BCUT2D eigenvalue weighted by atomic mass is 16.5. The molecule has 11 nitrogen and oxygen atoms in total. The Morgan fingerprint density at radius 1 is 0.214 bits per heavy atom. The van der Waals surface area contributed by atoms with Gasteiger partial charge in [-0.15, -0.1) is 0 Å². The number of fused-ring (bicyclic) bond motifs is 21. The molecule has 6 aliphatic heterocycles. The minimum absolute atomic E-state index is 0.0235. The first-order valence-corrected chi connectivity index (χ1v) is 45.0. The highest BCUT2D eigenvalue weighted by molar-refractivity contribution is 6.99. The second-order valence-electron chi connectivity index (χ2n) is 36.1. The van der Waals surface area contributed by atoms with Crippen molar-refractivity contribution in [3.05, 3.63) is 408 Å². The van der Waals surface area contributed by atoms with E-state index in [0.29, 0.717) is 0 Å². The lowest BCUT2D eigenvalue weighted by Crippen LogP contribution is -2.57. The van der Waals surface area contributed by atoms with Gasteiger partial charge in [0.05, 0.1) is 28.4 Å². The zero-order valence-corrected chi connectivity index (χ0v) is 73.5. The summed E-state index contributed by atoms with van der Waals surface area (Å²) in [5.74, 6) is 10.2. The molecule has 0 atom stereocenters. The Morgan fingerprint density at radius 2 is 0.534 bits per heavy atom. The summed E-state index contributed by atoms with van der Waals surface area (Å²) in [4.78, 5) is 6.80. The number of aryl methyl sites for hydroxylation is 6. The van der Waals surface area contributed by atoms with Crippen molar-refractivity contribution >= 4 is 164 Å². The van der Waals surface area contributed by atoms with Gasteiger partial charge in [0.1, 0.15) is 80.2 Å². The average molecular weight is 1690 g/mol. The fourth-order valence-electron chi connectivity index (χ4n) is 21.2. The molecule has 14 heteroatoms. The van der Waals surface area contributed by atoms with Gasteiger partial charge in [0, 0.05) is 102 Å². The monoisotopic (exact) mass is 1690 g/mol. The molecular weight excluding hydrogens is 1610 g/mol. The van der Waals surface area contributed by atoms with Crippen LogP contribution < -0.4 is 92.3 Å². The van der Waals surface area contributed by atoms with Gasteiger partial charge < -0.3 is 52.0 Å². The predicted molar refractivity (Wildman–Crippen MR) is 537 cm³/mol. The van der Waals surface area contributed by atoms with Crippen molar-refractivity contribution in [2.45, 2.75) is 60.8 Å². The molecule has 2 aromatic heterocycles. The Hall–Kier alpha value is -16.0. The summed E-state index contributed by atoms with van der Waals surface area (Å²) in [6.45, 7) is 17.5. The van der Waals surface area contributed by atoms with E-state index in [1.807, 2.05) is 36.4 Å². The Labute approximate surface area is 760 Å². The van der Waals surface area contributed by atoms with Crippen LogP contribution in [0.5, 0.6) is 69.0 Å². The van der Waals surface area contributed by atoms with Gasteiger partial charge in [-0.3, -0.25) is 0 Å². The third-order valence-corrected chi connectivity index (χ3v) is 27.2. The van der Waals surface area contributed by atoms with Crippen molar-refractivity contribution in [2.75, 3.05) is 14.7 Å². The van der Waals surface area contributed by atoms with E-state index >= 15 is 0 Å². The van der Waals surface area contributed by atoms with E-state index in [1.165, 1.54) is 66.4 Å². The first-order valence-electron chi connectivity index (χ1n) is 45.0. The van der Waals surface area contributed by atoms with Crippen LogP contribution in [-0.4, -0.2) is 20.1 Å². The topological polar surface area (TPSA) is 91.4 Å². The number of benzene rings is 18. The second kappa shape index (κ2) is 30.1. The quantitative estimate of drug-likeness (QED) is 0.129. The molecule has 1 aliphatic carbocycles. The van der Waals surface area contributed by atoms with Crippen LogP contribution in [-0.2, 0) is 5.41 Å². The van der Waals surface area contributed by atoms with Crippen molar-refractivity contribution < 1.29 is 37.3 Å². The fourth-order valence-corrected chi connectivity index (χ4v) is 21.2. The zero-order chi connectivity index (χ0) is 87.8. The highest BCUT2D eigenvalue weighted by Gasteiger charge is 2.46. The van der Waals surface area contributed by atoms with Crippen LogP contribution in [0.25, 0.3) is 55.0 Å². The lowest BCUT2D eigenvalue weighted by Gasteiger charge is -2.35. The molecule has 0 radical (unpaired) electrons. The highest BCUT2D eigenvalue weighted by Crippen LogP contribution is 2.54. The Kier molecular flexibility index (Phi) is 17.7. The van der Waals surface area contributed by atoms with Gasteiger partial charge in [-0.1, -0.05) is 254 Å². The lowest BCUT2D eigenvalue weighted by molar-refractivity contribution is 0.464. The summed E-state index contributed by atoms with van der Waals surface area (Å²) in [7, 11) is 0. The molecule has 18 aromatic carbocycles. The molecule has 131 heavy (non-hydrogen) atoms. The van der Waals surface area contributed by atoms with Crippen molar-refractivity contribution in [3.63, 3.8) is 0 Å². The maximum absolute atomic E-state index is 6.73. The lowest BCUT2D eigenvalue weighted by atomic mass is 9.34. The summed E-state index contributed by atoms with van der Waals surface area (Å²) >= 11 is 0. The summed E-state index contributed by atoms with van der Waals surface area (Å²) < 4.78 is 53.3. The Bertz CT molecular complexity index is 7940. The first-order chi connectivity index (χ1) is 64.1. The van der Waals surface area contributed by atoms with Gasteiger partial charge >= 0.3 is 0 Å². The number of hydrogen-bond acceptors (Lipinski definition) is 11. The minimum Gasteiger partial charge on any atom is -0.458 e. The Balaban J connectivity index is 0.000000106. The van der Waals surface area contributed by atoms with Gasteiger partial charge in [0.2, 0.25) is 0 Å². The number of rotatable bonds is 9. The number of para-hydroxylation sites is 7. The van der Waals surface area contributed by atoms with Crippen LogP contribution in [0.2, 0.25) is 0 Å². The van der Waals surface area contributed by atoms with Crippen molar-refractivity contribution in [1.82, 2.24) is 0 Å². The minimum atomic E-state index is -0.102. The molecule has 0 fully saturated rings. The van der Waals surface area contributed by atoms with Gasteiger partial charge in [0.25, 0.3) is 20.1 Å². The number of ether oxygens (including phenoxy) is 6. The molecule has 27 rings (SSSR count). The van der Waals surface area contributed by atoms with Crippen LogP contribution in [0.4, 0.5) is 51.2 Å². The molecule has 20 aromatic rings. The molecule has 0 unspecified atom stereocenters. The maximum atomic E-state index is 6.73.